The van der Waals surface area contributed by atoms with E-state index in [2.05, 4.69) is 11.9 Å². The van der Waals surface area contributed by atoms with Gasteiger partial charge in [0.2, 0.25) is 0 Å². The number of ketones is 1. The maximum Gasteiger partial charge on any atom is 0.165 e. The summed E-state index contributed by atoms with van der Waals surface area (Å²) >= 11 is 6.45. The summed E-state index contributed by atoms with van der Waals surface area (Å²) in [5.74, 6) is 0.540. The molecule has 152 valence electrons. The van der Waals surface area contributed by atoms with Crippen LogP contribution in [0.5, 0.6) is 0 Å². The smallest absolute Gasteiger partial charge is 0.165 e. The molecule has 0 bridgehead atoms. The zero-order valence-electron chi connectivity index (χ0n) is 16.5. The molecule has 3 heterocycles. The van der Waals surface area contributed by atoms with Gasteiger partial charge in [0.1, 0.15) is 5.65 Å². The number of rotatable bonds is 6. The molecule has 2 aromatic rings. The maximum atomic E-state index is 13.1. The van der Waals surface area contributed by atoms with Gasteiger partial charge in [0, 0.05) is 36.4 Å². The minimum absolute atomic E-state index is 0.0256. The first-order valence-electron chi connectivity index (χ1n) is 10.5. The normalized spacial score (nSPS) is 28.1. The van der Waals surface area contributed by atoms with E-state index in [9.17, 15) is 9.90 Å². The van der Waals surface area contributed by atoms with Crippen LogP contribution in [0.4, 0.5) is 0 Å². The number of aliphatic hydroxyl groups is 1. The average molecular weight is 405 g/mol. The molecular weight excluding hydrogens is 376 g/mol. The van der Waals surface area contributed by atoms with E-state index < -0.39 is 5.60 Å². The molecule has 1 aliphatic heterocycles. The average Bonchev–Trinajstić information content (AvgIpc) is 3.29. The van der Waals surface area contributed by atoms with Crippen molar-refractivity contribution in [2.45, 2.75) is 76.5 Å². The predicted molar refractivity (Wildman–Crippen MR) is 110 cm³/mol. The van der Waals surface area contributed by atoms with E-state index in [1.807, 2.05) is 10.8 Å². The van der Waals surface area contributed by atoms with Crippen LogP contribution in [-0.2, 0) is 11.3 Å². The Balaban J connectivity index is 1.56. The number of carbonyl (C=O) groups is 1. The zero-order chi connectivity index (χ0) is 19.7. The van der Waals surface area contributed by atoms with Gasteiger partial charge in [-0.1, -0.05) is 31.4 Å². The highest BCUT2D eigenvalue weighted by Gasteiger charge is 2.33. The molecule has 1 saturated carbocycles. The molecule has 2 fully saturated rings. The lowest BCUT2D eigenvalue weighted by molar-refractivity contribution is -0.0204. The van der Waals surface area contributed by atoms with Gasteiger partial charge in [-0.25, -0.2) is 4.98 Å². The Kier molecular flexibility index (Phi) is 5.77. The second kappa shape index (κ2) is 8.13. The summed E-state index contributed by atoms with van der Waals surface area (Å²) in [7, 11) is 0. The number of ether oxygens (including phenoxy) is 1. The van der Waals surface area contributed by atoms with E-state index >= 15 is 0 Å². The largest absolute Gasteiger partial charge is 0.390 e. The number of pyridine rings is 1. The van der Waals surface area contributed by atoms with Crippen molar-refractivity contribution in [1.29, 1.82) is 0 Å². The molecule has 3 atom stereocenters. The van der Waals surface area contributed by atoms with E-state index in [-0.39, 0.29) is 11.9 Å². The van der Waals surface area contributed by atoms with Gasteiger partial charge in [0.25, 0.3) is 0 Å². The fraction of sp³-hybridized carbons (Fsp3) is 0.636. The van der Waals surface area contributed by atoms with Crippen molar-refractivity contribution < 1.29 is 14.6 Å². The standard InChI is InChI=1S/C22H29ClN2O3/c1-15-4-2-8-22(27,12-15)9-6-19(26)17-14-25(13-16-5-3-11-28-16)21-20(17)18(23)7-10-24-21/h7,10,14-16,27H,2-6,8-9,11-13H2,1H3/t15-,16?,22+/m0/s1. The predicted octanol–water partition coefficient (Wildman–Crippen LogP) is 4.77. The first-order valence-corrected chi connectivity index (χ1v) is 10.8. The van der Waals surface area contributed by atoms with E-state index in [0.717, 1.165) is 56.2 Å². The van der Waals surface area contributed by atoms with Crippen molar-refractivity contribution >= 4 is 28.4 Å². The van der Waals surface area contributed by atoms with Gasteiger partial charge in [0.15, 0.2) is 5.78 Å². The Morgan fingerprint density at radius 3 is 3.04 bits per heavy atom. The highest BCUT2D eigenvalue weighted by atomic mass is 35.5. The van der Waals surface area contributed by atoms with Crippen LogP contribution in [0.1, 0.15) is 68.6 Å². The third-order valence-electron chi connectivity index (χ3n) is 6.32. The minimum atomic E-state index is -0.717. The molecule has 28 heavy (non-hydrogen) atoms. The Labute approximate surface area is 171 Å². The second-order valence-electron chi connectivity index (χ2n) is 8.67. The molecule has 5 nitrogen and oxygen atoms in total. The van der Waals surface area contributed by atoms with Crippen LogP contribution in [0.2, 0.25) is 5.02 Å². The van der Waals surface area contributed by atoms with Gasteiger partial charge in [-0.2, -0.15) is 0 Å². The molecule has 1 N–H and O–H groups in total. The fourth-order valence-corrected chi connectivity index (χ4v) is 5.12. The summed E-state index contributed by atoms with van der Waals surface area (Å²) in [5, 5.41) is 12.2. The van der Waals surface area contributed by atoms with Gasteiger partial charge in [-0.05, 0) is 44.1 Å². The Morgan fingerprint density at radius 2 is 2.29 bits per heavy atom. The van der Waals surface area contributed by atoms with Crippen LogP contribution in [0, 0.1) is 5.92 Å². The fourth-order valence-electron chi connectivity index (χ4n) is 4.87. The van der Waals surface area contributed by atoms with E-state index in [4.69, 9.17) is 16.3 Å². The minimum Gasteiger partial charge on any atom is -0.390 e. The van der Waals surface area contributed by atoms with Crippen LogP contribution >= 0.6 is 11.6 Å². The number of fused-ring (bicyclic) bond motifs is 1. The van der Waals surface area contributed by atoms with Crippen LogP contribution in [0.3, 0.4) is 0 Å². The number of aromatic nitrogens is 2. The third kappa shape index (κ3) is 4.12. The number of halogens is 1. The Hall–Kier alpha value is -1.43. The molecule has 4 rings (SSSR count). The Morgan fingerprint density at radius 1 is 1.43 bits per heavy atom. The molecule has 1 aliphatic carbocycles. The number of carbonyl (C=O) groups excluding carboxylic acids is 1. The highest BCUT2D eigenvalue weighted by molar-refractivity contribution is 6.36. The monoisotopic (exact) mass is 404 g/mol. The summed E-state index contributed by atoms with van der Waals surface area (Å²) < 4.78 is 7.76. The summed E-state index contributed by atoms with van der Waals surface area (Å²) in [6.45, 7) is 3.65. The number of hydrogen-bond donors (Lipinski definition) is 1. The molecule has 6 heteroatoms. The number of Topliss-reactive ketones (excluding diaryl/α,β-unsaturated/α-hetero) is 1. The molecule has 2 aromatic heterocycles. The summed E-state index contributed by atoms with van der Waals surface area (Å²) in [4.78, 5) is 17.6. The van der Waals surface area contributed by atoms with E-state index in [1.54, 1.807) is 12.3 Å². The van der Waals surface area contributed by atoms with Gasteiger partial charge in [-0.15, -0.1) is 0 Å². The van der Waals surface area contributed by atoms with Crippen molar-refractivity contribution in [2.75, 3.05) is 6.61 Å². The van der Waals surface area contributed by atoms with Crippen molar-refractivity contribution in [3.8, 4) is 0 Å². The van der Waals surface area contributed by atoms with Gasteiger partial charge >= 0.3 is 0 Å². The lowest BCUT2D eigenvalue weighted by Crippen LogP contribution is -2.35. The molecule has 1 saturated heterocycles. The molecule has 1 unspecified atom stereocenters. The van der Waals surface area contributed by atoms with Gasteiger partial charge in [0.05, 0.1) is 23.3 Å². The van der Waals surface area contributed by atoms with E-state index in [1.165, 1.54) is 0 Å². The summed E-state index contributed by atoms with van der Waals surface area (Å²) in [6, 6.07) is 1.73. The molecule has 0 spiro atoms. The van der Waals surface area contributed by atoms with Crippen LogP contribution in [0.15, 0.2) is 18.5 Å². The summed E-state index contributed by atoms with van der Waals surface area (Å²) in [6.07, 6.45) is 10.4. The summed E-state index contributed by atoms with van der Waals surface area (Å²) in [5.41, 5.74) is 0.626. The van der Waals surface area contributed by atoms with Crippen molar-refractivity contribution in [3.05, 3.63) is 29.0 Å². The SMILES string of the molecule is C[C@H]1CCC[C@@](O)(CCC(=O)c2cn(CC3CCCO3)c3nccc(Cl)c23)C1. The quantitative estimate of drug-likeness (QED) is 0.704. The van der Waals surface area contributed by atoms with Crippen LogP contribution in [-0.4, -0.2) is 38.8 Å². The maximum absolute atomic E-state index is 13.1. The Bertz CT molecular complexity index is 859. The lowest BCUT2D eigenvalue weighted by atomic mass is 9.76. The third-order valence-corrected chi connectivity index (χ3v) is 6.63. The van der Waals surface area contributed by atoms with Crippen molar-refractivity contribution in [2.24, 2.45) is 5.92 Å². The van der Waals surface area contributed by atoms with Crippen LogP contribution in [0.25, 0.3) is 11.0 Å². The molecule has 0 amide bonds. The second-order valence-corrected chi connectivity index (χ2v) is 9.08. The van der Waals surface area contributed by atoms with Crippen molar-refractivity contribution in [3.63, 3.8) is 0 Å². The number of nitrogens with zero attached hydrogens (tertiary/aromatic N) is 2. The highest BCUT2D eigenvalue weighted by Crippen LogP contribution is 2.36. The molecule has 0 aromatic carbocycles. The van der Waals surface area contributed by atoms with Crippen LogP contribution < -0.4 is 0 Å². The first kappa shape index (κ1) is 19.9. The number of hydrogen-bond acceptors (Lipinski definition) is 4. The molecule has 0 radical (unpaired) electrons. The van der Waals surface area contributed by atoms with Gasteiger partial charge < -0.3 is 14.4 Å². The van der Waals surface area contributed by atoms with Crippen molar-refractivity contribution in [1.82, 2.24) is 9.55 Å². The first-order chi connectivity index (χ1) is 13.5. The lowest BCUT2D eigenvalue weighted by Gasteiger charge is -2.35. The molecule has 2 aliphatic rings. The topological polar surface area (TPSA) is 64.3 Å². The van der Waals surface area contributed by atoms with Gasteiger partial charge in [-0.3, -0.25) is 4.79 Å². The van der Waals surface area contributed by atoms with E-state index in [0.29, 0.717) is 35.9 Å². The molecular formula is C22H29ClN2O3. The zero-order valence-corrected chi connectivity index (χ0v) is 17.2.